The van der Waals surface area contributed by atoms with Crippen LogP contribution in [0.1, 0.15) is 40.2 Å². The summed E-state index contributed by atoms with van der Waals surface area (Å²) >= 11 is 3.41. The van der Waals surface area contributed by atoms with Crippen LogP contribution in [0.3, 0.4) is 0 Å². The average molecular weight is 520 g/mol. The lowest BCUT2D eigenvalue weighted by atomic mass is 10.1. The summed E-state index contributed by atoms with van der Waals surface area (Å²) in [6, 6.07) is 21.9. The van der Waals surface area contributed by atoms with Crippen LogP contribution < -0.4 is 10.1 Å². The molecule has 6 heteroatoms. The van der Waals surface area contributed by atoms with Gasteiger partial charge in [0.15, 0.2) is 0 Å². The number of rotatable bonds is 10. The van der Waals surface area contributed by atoms with Crippen molar-refractivity contribution in [2.24, 2.45) is 0 Å². The standard InChI is InChI=1S/C28H30BrN3O2/c1-20-9-5-10-21(2)27(20)34-18-8-17-32-25-14-4-3-13-24(25)31-26(32)15-7-16-30-28(33)22-11-6-12-23(29)19-22/h3-6,9-14,19H,7-8,15-18H2,1-2H3,(H,30,33). The lowest BCUT2D eigenvalue weighted by molar-refractivity contribution is 0.0953. The smallest absolute Gasteiger partial charge is 0.251 e. The van der Waals surface area contributed by atoms with Crippen LogP contribution in [-0.2, 0) is 13.0 Å². The number of amides is 1. The van der Waals surface area contributed by atoms with E-state index in [-0.39, 0.29) is 5.91 Å². The lowest BCUT2D eigenvalue weighted by Gasteiger charge is -2.13. The van der Waals surface area contributed by atoms with Gasteiger partial charge in [-0.1, -0.05) is 52.3 Å². The first-order valence-electron chi connectivity index (χ1n) is 11.7. The van der Waals surface area contributed by atoms with E-state index in [1.165, 1.54) is 11.1 Å². The number of carbonyl (C=O) groups excluding carboxylic acids is 1. The summed E-state index contributed by atoms with van der Waals surface area (Å²) in [6.07, 6.45) is 2.51. The second kappa shape index (κ2) is 11.3. The van der Waals surface area contributed by atoms with Gasteiger partial charge in [-0.3, -0.25) is 4.79 Å². The third-order valence-corrected chi connectivity index (χ3v) is 6.36. The Kier molecular flexibility index (Phi) is 8.01. The quantitative estimate of drug-likeness (QED) is 0.252. The van der Waals surface area contributed by atoms with E-state index in [2.05, 4.69) is 76.1 Å². The van der Waals surface area contributed by atoms with Gasteiger partial charge in [-0.15, -0.1) is 0 Å². The summed E-state index contributed by atoms with van der Waals surface area (Å²) in [4.78, 5) is 17.3. The third-order valence-electron chi connectivity index (χ3n) is 5.86. The molecule has 0 unspecified atom stereocenters. The van der Waals surface area contributed by atoms with Crippen LogP contribution in [0.4, 0.5) is 0 Å². The van der Waals surface area contributed by atoms with E-state index in [9.17, 15) is 4.79 Å². The largest absolute Gasteiger partial charge is 0.493 e. The van der Waals surface area contributed by atoms with Crippen LogP contribution >= 0.6 is 15.9 Å². The van der Waals surface area contributed by atoms with Crippen molar-refractivity contribution >= 4 is 32.9 Å². The highest BCUT2D eigenvalue weighted by Gasteiger charge is 2.11. The van der Waals surface area contributed by atoms with Crippen LogP contribution in [0.25, 0.3) is 11.0 Å². The fourth-order valence-corrected chi connectivity index (χ4v) is 4.57. The minimum atomic E-state index is -0.0570. The number of halogens is 1. The van der Waals surface area contributed by atoms with Crippen molar-refractivity contribution in [3.05, 3.63) is 93.7 Å². The summed E-state index contributed by atoms with van der Waals surface area (Å²) in [5.74, 6) is 1.97. The number of nitrogens with one attached hydrogen (secondary N) is 1. The Bertz CT molecular complexity index is 1260. The number of fused-ring (bicyclic) bond motifs is 1. The van der Waals surface area contributed by atoms with Gasteiger partial charge in [-0.25, -0.2) is 4.98 Å². The Balaban J connectivity index is 1.35. The fourth-order valence-electron chi connectivity index (χ4n) is 4.17. The molecule has 4 rings (SSSR count). The topological polar surface area (TPSA) is 56.1 Å². The number of imidazole rings is 1. The van der Waals surface area contributed by atoms with Crippen molar-refractivity contribution in [2.75, 3.05) is 13.2 Å². The Morgan fingerprint density at radius 2 is 1.76 bits per heavy atom. The molecule has 1 N–H and O–H groups in total. The Morgan fingerprint density at radius 1 is 1.00 bits per heavy atom. The van der Waals surface area contributed by atoms with E-state index in [0.717, 1.165) is 52.9 Å². The number of carbonyl (C=O) groups is 1. The molecule has 0 bridgehead atoms. The molecule has 1 heterocycles. The van der Waals surface area contributed by atoms with Gasteiger partial charge in [0, 0.05) is 29.5 Å². The van der Waals surface area contributed by atoms with Gasteiger partial charge >= 0.3 is 0 Å². The minimum Gasteiger partial charge on any atom is -0.493 e. The molecule has 0 aliphatic rings. The summed E-state index contributed by atoms with van der Waals surface area (Å²) in [5.41, 5.74) is 5.14. The Labute approximate surface area is 209 Å². The van der Waals surface area contributed by atoms with E-state index < -0.39 is 0 Å². The molecule has 5 nitrogen and oxygen atoms in total. The first-order valence-corrected chi connectivity index (χ1v) is 12.5. The van der Waals surface area contributed by atoms with Crippen LogP contribution in [0.15, 0.2) is 71.2 Å². The molecule has 0 radical (unpaired) electrons. The molecule has 1 aromatic heterocycles. The molecular formula is C28H30BrN3O2. The molecule has 4 aromatic rings. The maximum atomic E-state index is 12.4. The zero-order chi connectivity index (χ0) is 23.9. The van der Waals surface area contributed by atoms with Gasteiger partial charge in [0.05, 0.1) is 17.6 Å². The summed E-state index contributed by atoms with van der Waals surface area (Å²) in [6.45, 7) is 6.26. The molecule has 0 fully saturated rings. The molecular weight excluding hydrogens is 490 g/mol. The van der Waals surface area contributed by atoms with E-state index >= 15 is 0 Å². The monoisotopic (exact) mass is 519 g/mol. The van der Waals surface area contributed by atoms with Gasteiger partial charge in [-0.05, 0) is 68.1 Å². The van der Waals surface area contributed by atoms with Gasteiger partial charge in [-0.2, -0.15) is 0 Å². The molecule has 0 saturated heterocycles. The maximum absolute atomic E-state index is 12.4. The number of nitrogens with zero attached hydrogens (tertiary/aromatic N) is 2. The highest BCUT2D eigenvalue weighted by atomic mass is 79.9. The van der Waals surface area contributed by atoms with Gasteiger partial charge in [0.1, 0.15) is 11.6 Å². The van der Waals surface area contributed by atoms with Crippen molar-refractivity contribution in [2.45, 2.75) is 39.7 Å². The van der Waals surface area contributed by atoms with Crippen molar-refractivity contribution < 1.29 is 9.53 Å². The highest BCUT2D eigenvalue weighted by molar-refractivity contribution is 9.10. The highest BCUT2D eigenvalue weighted by Crippen LogP contribution is 2.23. The first-order chi connectivity index (χ1) is 16.5. The number of hydrogen-bond donors (Lipinski definition) is 1. The first kappa shape index (κ1) is 24.0. The number of benzene rings is 3. The van der Waals surface area contributed by atoms with Crippen molar-refractivity contribution in [1.29, 1.82) is 0 Å². The predicted molar refractivity (Wildman–Crippen MR) is 141 cm³/mol. The molecule has 1 amide bonds. The van der Waals surface area contributed by atoms with Crippen LogP contribution in [-0.4, -0.2) is 28.6 Å². The molecule has 3 aromatic carbocycles. The Morgan fingerprint density at radius 3 is 2.56 bits per heavy atom. The minimum absolute atomic E-state index is 0.0570. The number of aryl methyl sites for hydroxylation is 4. The lowest BCUT2D eigenvalue weighted by Crippen LogP contribution is -2.25. The van der Waals surface area contributed by atoms with Crippen LogP contribution in [0.2, 0.25) is 0 Å². The second-order valence-corrected chi connectivity index (χ2v) is 9.38. The molecule has 0 atom stereocenters. The zero-order valence-corrected chi connectivity index (χ0v) is 21.3. The molecule has 0 saturated carbocycles. The summed E-state index contributed by atoms with van der Waals surface area (Å²) < 4.78 is 9.30. The fraction of sp³-hybridized carbons (Fsp3) is 0.286. The zero-order valence-electron chi connectivity index (χ0n) is 19.7. The van der Waals surface area contributed by atoms with Gasteiger partial charge in [0.25, 0.3) is 5.91 Å². The number of hydrogen-bond acceptors (Lipinski definition) is 3. The third kappa shape index (κ3) is 5.86. The molecule has 176 valence electrons. The number of aromatic nitrogens is 2. The van der Waals surface area contributed by atoms with E-state index in [4.69, 9.17) is 9.72 Å². The summed E-state index contributed by atoms with van der Waals surface area (Å²) in [5, 5.41) is 3.01. The van der Waals surface area contributed by atoms with Gasteiger partial charge < -0.3 is 14.6 Å². The molecule has 0 aliphatic heterocycles. The van der Waals surface area contributed by atoms with E-state index in [0.29, 0.717) is 18.7 Å². The second-order valence-electron chi connectivity index (χ2n) is 8.46. The predicted octanol–water partition coefficient (Wildman–Crippen LogP) is 6.25. The maximum Gasteiger partial charge on any atom is 0.251 e. The molecule has 0 aliphatic carbocycles. The molecule has 0 spiro atoms. The van der Waals surface area contributed by atoms with Crippen molar-refractivity contribution in [3.63, 3.8) is 0 Å². The van der Waals surface area contributed by atoms with Crippen LogP contribution in [0, 0.1) is 13.8 Å². The average Bonchev–Trinajstić information content (AvgIpc) is 3.18. The normalized spacial score (nSPS) is 11.0. The van der Waals surface area contributed by atoms with E-state index in [1.54, 1.807) is 0 Å². The van der Waals surface area contributed by atoms with Crippen molar-refractivity contribution in [3.8, 4) is 5.75 Å². The van der Waals surface area contributed by atoms with E-state index in [1.807, 2.05) is 30.3 Å². The van der Waals surface area contributed by atoms with Gasteiger partial charge in [0.2, 0.25) is 0 Å². The SMILES string of the molecule is Cc1cccc(C)c1OCCCn1c(CCCNC(=O)c2cccc(Br)c2)nc2ccccc21. The number of ether oxygens (including phenoxy) is 1. The number of para-hydroxylation sites is 3. The molecule has 34 heavy (non-hydrogen) atoms. The Hall–Kier alpha value is -3.12. The van der Waals surface area contributed by atoms with Crippen molar-refractivity contribution in [1.82, 2.24) is 14.9 Å². The van der Waals surface area contributed by atoms with Crippen LogP contribution in [0.5, 0.6) is 5.75 Å². The summed E-state index contributed by atoms with van der Waals surface area (Å²) in [7, 11) is 0.